The summed E-state index contributed by atoms with van der Waals surface area (Å²) in [5.74, 6) is 0. The Kier molecular flexibility index (Phi) is 4.78. The third-order valence-electron chi connectivity index (χ3n) is 4.22. The van der Waals surface area contributed by atoms with Crippen LogP contribution in [0.2, 0.25) is 0 Å². The van der Waals surface area contributed by atoms with Gasteiger partial charge in [-0.15, -0.1) is 0 Å². The van der Waals surface area contributed by atoms with Crippen molar-refractivity contribution < 1.29 is 0 Å². The van der Waals surface area contributed by atoms with Gasteiger partial charge >= 0.3 is 0 Å². The molecule has 2 saturated heterocycles. The molecule has 2 fully saturated rings. The second-order valence-corrected chi connectivity index (χ2v) is 5.24. The van der Waals surface area contributed by atoms with Crippen molar-refractivity contribution >= 4 is 0 Å². The zero-order valence-electron chi connectivity index (χ0n) is 10.6. The van der Waals surface area contributed by atoms with Crippen molar-refractivity contribution in [2.24, 2.45) is 5.73 Å². The highest BCUT2D eigenvalue weighted by atomic mass is 15.2. The second kappa shape index (κ2) is 6.34. The van der Waals surface area contributed by atoms with Gasteiger partial charge in [0.1, 0.15) is 6.04 Å². The standard InChI is InChI=1S/C13H24N4/c14-10-13(11-15)17-8-4-12(5-9-17)16-6-2-1-3-7-16/h12-13H,1-10,14H2. The molecule has 0 amide bonds. The van der Waals surface area contributed by atoms with E-state index in [1.807, 2.05) is 0 Å². The lowest BCUT2D eigenvalue weighted by molar-refractivity contribution is 0.0840. The number of piperidine rings is 2. The Labute approximate surface area is 104 Å². The molecule has 2 aliphatic rings. The Morgan fingerprint density at radius 3 is 2.29 bits per heavy atom. The van der Waals surface area contributed by atoms with Crippen LogP contribution in [0, 0.1) is 11.3 Å². The third-order valence-corrected chi connectivity index (χ3v) is 4.22. The molecule has 0 bridgehead atoms. The maximum absolute atomic E-state index is 9.01. The summed E-state index contributed by atoms with van der Waals surface area (Å²) in [6, 6.07) is 2.98. The first-order chi connectivity index (χ1) is 8.35. The van der Waals surface area contributed by atoms with Crippen molar-refractivity contribution in [2.75, 3.05) is 32.7 Å². The fraction of sp³-hybridized carbons (Fsp3) is 0.923. The molecule has 17 heavy (non-hydrogen) atoms. The fourth-order valence-electron chi connectivity index (χ4n) is 3.13. The minimum absolute atomic E-state index is 0.0719. The van der Waals surface area contributed by atoms with Crippen LogP contribution in [0.25, 0.3) is 0 Å². The Hall–Kier alpha value is -0.630. The molecule has 96 valence electrons. The van der Waals surface area contributed by atoms with Crippen molar-refractivity contribution in [1.82, 2.24) is 9.80 Å². The molecule has 2 aliphatic heterocycles. The SMILES string of the molecule is N#CC(CN)N1CCC(N2CCCCC2)CC1. The summed E-state index contributed by atoms with van der Waals surface area (Å²) in [7, 11) is 0. The average Bonchev–Trinajstić information content (AvgIpc) is 2.42. The number of hydrogen-bond acceptors (Lipinski definition) is 4. The number of rotatable bonds is 3. The Balaban J connectivity index is 1.79. The Morgan fingerprint density at radius 1 is 1.12 bits per heavy atom. The molecule has 1 unspecified atom stereocenters. The van der Waals surface area contributed by atoms with Gasteiger partial charge in [-0.25, -0.2) is 0 Å². The second-order valence-electron chi connectivity index (χ2n) is 5.24. The maximum atomic E-state index is 9.01. The Bertz CT molecular complexity index is 259. The molecule has 2 rings (SSSR count). The van der Waals surface area contributed by atoms with Crippen molar-refractivity contribution in [3.05, 3.63) is 0 Å². The van der Waals surface area contributed by atoms with E-state index in [0.29, 0.717) is 6.54 Å². The molecule has 1 atom stereocenters. The Morgan fingerprint density at radius 2 is 1.76 bits per heavy atom. The van der Waals surface area contributed by atoms with E-state index in [1.54, 1.807) is 0 Å². The van der Waals surface area contributed by atoms with Crippen molar-refractivity contribution in [2.45, 2.75) is 44.2 Å². The highest BCUT2D eigenvalue weighted by Crippen LogP contribution is 2.21. The highest BCUT2D eigenvalue weighted by molar-refractivity contribution is 4.95. The first-order valence-electron chi connectivity index (χ1n) is 6.93. The minimum Gasteiger partial charge on any atom is -0.328 e. The lowest BCUT2D eigenvalue weighted by Gasteiger charge is -2.41. The van der Waals surface area contributed by atoms with Gasteiger partial charge < -0.3 is 10.6 Å². The van der Waals surface area contributed by atoms with Gasteiger partial charge in [-0.05, 0) is 38.8 Å². The van der Waals surface area contributed by atoms with Crippen LogP contribution in [-0.2, 0) is 0 Å². The van der Waals surface area contributed by atoms with E-state index in [-0.39, 0.29) is 6.04 Å². The minimum atomic E-state index is -0.0719. The smallest absolute Gasteiger partial charge is 0.110 e. The van der Waals surface area contributed by atoms with Crippen LogP contribution in [0.1, 0.15) is 32.1 Å². The molecule has 0 saturated carbocycles. The zero-order valence-corrected chi connectivity index (χ0v) is 10.6. The zero-order chi connectivity index (χ0) is 12.1. The van der Waals surface area contributed by atoms with Crippen LogP contribution in [0.3, 0.4) is 0 Å². The van der Waals surface area contributed by atoms with E-state index in [9.17, 15) is 0 Å². The predicted molar refractivity (Wildman–Crippen MR) is 68.5 cm³/mol. The lowest BCUT2D eigenvalue weighted by Crippen LogP contribution is -2.50. The fourth-order valence-corrected chi connectivity index (χ4v) is 3.13. The molecule has 0 aromatic heterocycles. The number of nitrogens with two attached hydrogens (primary N) is 1. The average molecular weight is 236 g/mol. The molecule has 0 aromatic carbocycles. The summed E-state index contributed by atoms with van der Waals surface area (Å²) in [6.45, 7) is 5.10. The highest BCUT2D eigenvalue weighted by Gasteiger charge is 2.28. The number of hydrogen-bond donors (Lipinski definition) is 1. The summed E-state index contributed by atoms with van der Waals surface area (Å²) >= 11 is 0. The van der Waals surface area contributed by atoms with Crippen molar-refractivity contribution in [3.8, 4) is 6.07 Å². The van der Waals surface area contributed by atoms with Gasteiger partial charge in [-0.3, -0.25) is 4.90 Å². The molecule has 0 radical (unpaired) electrons. The van der Waals surface area contributed by atoms with Crippen LogP contribution in [0.15, 0.2) is 0 Å². The van der Waals surface area contributed by atoms with E-state index >= 15 is 0 Å². The molecular weight excluding hydrogens is 212 g/mol. The van der Waals surface area contributed by atoms with Gasteiger partial charge in [0.15, 0.2) is 0 Å². The van der Waals surface area contributed by atoms with Gasteiger partial charge in [-0.1, -0.05) is 6.42 Å². The molecule has 0 aliphatic carbocycles. The molecule has 4 heteroatoms. The van der Waals surface area contributed by atoms with Crippen LogP contribution in [0.4, 0.5) is 0 Å². The first-order valence-corrected chi connectivity index (χ1v) is 6.93. The van der Waals surface area contributed by atoms with Crippen molar-refractivity contribution in [3.63, 3.8) is 0 Å². The van der Waals surface area contributed by atoms with E-state index < -0.39 is 0 Å². The normalized spacial score (nSPS) is 26.6. The van der Waals surface area contributed by atoms with Gasteiger partial charge in [0.25, 0.3) is 0 Å². The van der Waals surface area contributed by atoms with Crippen LogP contribution in [0.5, 0.6) is 0 Å². The van der Waals surface area contributed by atoms with Gasteiger partial charge in [0, 0.05) is 25.7 Å². The maximum Gasteiger partial charge on any atom is 0.110 e. The van der Waals surface area contributed by atoms with Gasteiger partial charge in [0.05, 0.1) is 6.07 Å². The molecule has 0 aromatic rings. The molecule has 2 N–H and O–H groups in total. The summed E-state index contributed by atoms with van der Waals surface area (Å²) < 4.78 is 0. The quantitative estimate of drug-likeness (QED) is 0.787. The molecule has 0 spiro atoms. The van der Waals surface area contributed by atoms with Crippen LogP contribution >= 0.6 is 0 Å². The van der Waals surface area contributed by atoms with E-state index in [0.717, 1.165) is 19.1 Å². The topological polar surface area (TPSA) is 56.3 Å². The number of nitrogens with zero attached hydrogens (tertiary/aromatic N) is 3. The van der Waals surface area contributed by atoms with Crippen LogP contribution in [-0.4, -0.2) is 54.6 Å². The van der Waals surface area contributed by atoms with Crippen molar-refractivity contribution in [1.29, 1.82) is 5.26 Å². The van der Waals surface area contributed by atoms with Crippen LogP contribution < -0.4 is 5.73 Å². The lowest BCUT2D eigenvalue weighted by atomic mass is 9.99. The summed E-state index contributed by atoms with van der Waals surface area (Å²) in [5, 5.41) is 9.01. The summed E-state index contributed by atoms with van der Waals surface area (Å²) in [5.41, 5.74) is 5.62. The predicted octanol–water partition coefficient (Wildman–Crippen LogP) is 0.788. The van der Waals surface area contributed by atoms with E-state index in [4.69, 9.17) is 11.0 Å². The van der Waals surface area contributed by atoms with Gasteiger partial charge in [0.2, 0.25) is 0 Å². The molecule has 2 heterocycles. The third kappa shape index (κ3) is 3.19. The first kappa shape index (κ1) is 12.8. The van der Waals surface area contributed by atoms with E-state index in [2.05, 4.69) is 15.9 Å². The largest absolute Gasteiger partial charge is 0.328 e. The molecular formula is C13H24N4. The summed E-state index contributed by atoms with van der Waals surface area (Å²) in [6.07, 6.45) is 6.54. The molecule has 4 nitrogen and oxygen atoms in total. The summed E-state index contributed by atoms with van der Waals surface area (Å²) in [4.78, 5) is 4.91. The van der Waals surface area contributed by atoms with Gasteiger partial charge in [-0.2, -0.15) is 5.26 Å². The van der Waals surface area contributed by atoms with E-state index in [1.165, 1.54) is 45.2 Å². The number of nitriles is 1. The number of likely N-dealkylation sites (tertiary alicyclic amines) is 2. The monoisotopic (exact) mass is 236 g/mol.